The number of nitrogens with two attached hydrogens (primary N) is 1. The number of urea groups is 1. The summed E-state index contributed by atoms with van der Waals surface area (Å²) in [6.07, 6.45) is 0. The van der Waals surface area contributed by atoms with Gasteiger partial charge in [-0.1, -0.05) is 18.2 Å². The van der Waals surface area contributed by atoms with Gasteiger partial charge in [0.2, 0.25) is 5.88 Å². The number of fused-ring (bicyclic) bond motifs is 1. The molecule has 0 aliphatic heterocycles. The highest BCUT2D eigenvalue weighted by atomic mass is 32.1. The van der Waals surface area contributed by atoms with Gasteiger partial charge in [0.1, 0.15) is 16.5 Å². The van der Waals surface area contributed by atoms with Gasteiger partial charge < -0.3 is 15.4 Å². The number of hydrogen-bond donors (Lipinski definition) is 1. The molecule has 0 spiro atoms. The van der Waals surface area contributed by atoms with Gasteiger partial charge >= 0.3 is 11.7 Å². The van der Waals surface area contributed by atoms with Crippen LogP contribution in [0.4, 0.5) is 19.3 Å². The van der Waals surface area contributed by atoms with Crippen molar-refractivity contribution in [2.45, 2.75) is 13.1 Å². The number of halogens is 2. The lowest BCUT2D eigenvalue weighted by molar-refractivity contribution is 0.168. The number of hydroxylamine groups is 1. The number of aromatic nitrogens is 4. The van der Waals surface area contributed by atoms with Crippen LogP contribution in [-0.4, -0.2) is 58.6 Å². The molecular formula is C29H27F2N7O5S. The number of primary amides is 1. The number of carbonyl (C=O) groups excluding carboxylic acids is 1. The molecule has 0 aliphatic rings. The maximum absolute atomic E-state index is 14.9. The Hall–Kier alpha value is -4.99. The van der Waals surface area contributed by atoms with Gasteiger partial charge in [-0.15, -0.1) is 21.5 Å². The zero-order valence-electron chi connectivity index (χ0n) is 24.1. The van der Waals surface area contributed by atoms with Crippen LogP contribution in [0.5, 0.6) is 5.88 Å². The van der Waals surface area contributed by atoms with Crippen molar-refractivity contribution in [2.75, 3.05) is 33.4 Å². The average Bonchev–Trinajstić information content (AvgIpc) is 3.36. The topological polar surface area (TPSA) is 138 Å². The van der Waals surface area contributed by atoms with Crippen molar-refractivity contribution >= 4 is 33.3 Å². The summed E-state index contributed by atoms with van der Waals surface area (Å²) in [6, 6.07) is 12.1. The molecule has 2 amide bonds. The maximum atomic E-state index is 14.9. The number of rotatable bonds is 9. The highest BCUT2D eigenvalue weighted by Crippen LogP contribution is 2.38. The van der Waals surface area contributed by atoms with Crippen LogP contribution in [0.25, 0.3) is 26.5 Å². The molecule has 3 heterocycles. The van der Waals surface area contributed by atoms with E-state index in [-0.39, 0.29) is 34.0 Å². The number of carbonyl (C=O) groups is 1. The van der Waals surface area contributed by atoms with Gasteiger partial charge in [0.15, 0.2) is 5.82 Å². The number of methoxy groups -OCH3 is 1. The summed E-state index contributed by atoms with van der Waals surface area (Å²) < 4.78 is 36.8. The monoisotopic (exact) mass is 623 g/mol. The van der Waals surface area contributed by atoms with Crippen LogP contribution in [-0.2, 0) is 17.9 Å². The van der Waals surface area contributed by atoms with Crippen LogP contribution in [0.3, 0.4) is 0 Å². The third kappa shape index (κ3) is 5.55. The number of benzene rings is 2. The molecule has 0 bridgehead atoms. The lowest BCUT2D eigenvalue weighted by Gasteiger charge is -2.17. The number of ether oxygens (including phenoxy) is 1. The van der Waals surface area contributed by atoms with Crippen molar-refractivity contribution in [3.8, 4) is 22.1 Å². The molecule has 3 aromatic heterocycles. The molecule has 0 radical (unpaired) electrons. The maximum Gasteiger partial charge on any atom is 0.343 e. The molecule has 12 nitrogen and oxygen atoms in total. The second kappa shape index (κ2) is 12.3. The van der Waals surface area contributed by atoms with Gasteiger partial charge in [0.25, 0.3) is 5.56 Å². The molecule has 0 atom stereocenters. The van der Waals surface area contributed by atoms with Crippen molar-refractivity contribution in [1.82, 2.24) is 24.2 Å². The van der Waals surface area contributed by atoms with E-state index in [1.54, 1.807) is 24.3 Å². The fourth-order valence-corrected chi connectivity index (χ4v) is 6.07. The minimum absolute atomic E-state index is 0.0931. The number of thiophene rings is 1. The molecule has 0 unspecified atom stereocenters. The first-order valence-corrected chi connectivity index (χ1v) is 13.9. The summed E-state index contributed by atoms with van der Waals surface area (Å²) in [6.45, 7) is -0.224. The fourth-order valence-electron chi connectivity index (χ4n) is 4.76. The Kier molecular flexibility index (Phi) is 8.53. The molecule has 44 heavy (non-hydrogen) atoms. The Morgan fingerprint density at radius 3 is 2.20 bits per heavy atom. The zero-order chi connectivity index (χ0) is 31.7. The minimum atomic E-state index is -0.860. The number of amides is 2. The molecule has 5 rings (SSSR count). The molecule has 2 aromatic carbocycles. The second-order valence-electron chi connectivity index (χ2n) is 9.83. The van der Waals surface area contributed by atoms with Gasteiger partial charge in [-0.25, -0.2) is 22.9 Å². The Morgan fingerprint density at radius 1 is 0.977 bits per heavy atom. The van der Waals surface area contributed by atoms with Gasteiger partial charge in [-0.3, -0.25) is 14.2 Å². The summed E-state index contributed by atoms with van der Waals surface area (Å²) in [7, 11) is 6.33. The first-order chi connectivity index (χ1) is 21.0. The van der Waals surface area contributed by atoms with Crippen LogP contribution in [0.1, 0.15) is 11.1 Å². The van der Waals surface area contributed by atoms with E-state index in [9.17, 15) is 23.2 Å². The summed E-state index contributed by atoms with van der Waals surface area (Å²) in [5.41, 5.74) is 5.10. The van der Waals surface area contributed by atoms with Crippen LogP contribution in [0, 0.1) is 11.6 Å². The summed E-state index contributed by atoms with van der Waals surface area (Å²) in [5.74, 6) is -1.62. The second-order valence-corrected chi connectivity index (χ2v) is 10.8. The van der Waals surface area contributed by atoms with Gasteiger partial charge in [-0.2, -0.15) is 5.06 Å². The van der Waals surface area contributed by atoms with Crippen molar-refractivity contribution < 1.29 is 23.1 Å². The van der Waals surface area contributed by atoms with Crippen molar-refractivity contribution in [1.29, 1.82) is 0 Å². The number of nitrogens with zero attached hydrogens (tertiary/aromatic N) is 6. The van der Waals surface area contributed by atoms with E-state index in [0.29, 0.717) is 21.7 Å². The number of anilines is 1. The minimum Gasteiger partial charge on any atom is -0.480 e. The molecule has 15 heteroatoms. The SMILES string of the molecule is COc1ccc(-n2c(=O)c3c(CN(C)C)c(-c4ccc(N(OC)C(N)=O)cc4)sc3n(Cc3c(F)cccc3F)c2=O)nn1. The molecule has 0 aliphatic carbocycles. The third-order valence-electron chi connectivity index (χ3n) is 6.74. The molecule has 0 fully saturated rings. The lowest BCUT2D eigenvalue weighted by Crippen LogP contribution is -2.39. The van der Waals surface area contributed by atoms with E-state index in [2.05, 4.69) is 10.2 Å². The van der Waals surface area contributed by atoms with Crippen LogP contribution in [0.2, 0.25) is 0 Å². The van der Waals surface area contributed by atoms with Crippen LogP contribution in [0.15, 0.2) is 64.2 Å². The summed E-state index contributed by atoms with van der Waals surface area (Å²) in [5, 5.41) is 8.97. The van der Waals surface area contributed by atoms with E-state index in [1.807, 2.05) is 19.0 Å². The zero-order valence-corrected chi connectivity index (χ0v) is 24.9. The fraction of sp³-hybridized carbons (Fsp3) is 0.207. The van der Waals surface area contributed by atoms with E-state index in [4.69, 9.17) is 15.3 Å². The van der Waals surface area contributed by atoms with Crippen molar-refractivity contribution in [3.63, 3.8) is 0 Å². The first kappa shape index (κ1) is 30.5. The highest BCUT2D eigenvalue weighted by molar-refractivity contribution is 7.22. The van der Waals surface area contributed by atoms with E-state index in [0.717, 1.165) is 37.7 Å². The first-order valence-electron chi connectivity index (χ1n) is 13.1. The Bertz CT molecular complexity index is 1950. The predicted octanol–water partition coefficient (Wildman–Crippen LogP) is 3.51. The van der Waals surface area contributed by atoms with Gasteiger partial charge in [-0.05, 0) is 55.6 Å². The largest absolute Gasteiger partial charge is 0.480 e. The Labute approximate surface area is 253 Å². The molecule has 0 saturated carbocycles. The molecular weight excluding hydrogens is 596 g/mol. The van der Waals surface area contributed by atoms with E-state index < -0.39 is 35.5 Å². The lowest BCUT2D eigenvalue weighted by atomic mass is 10.1. The Morgan fingerprint density at radius 2 is 1.66 bits per heavy atom. The summed E-state index contributed by atoms with van der Waals surface area (Å²) >= 11 is 1.13. The van der Waals surface area contributed by atoms with Crippen molar-refractivity contribution in [2.24, 2.45) is 5.73 Å². The summed E-state index contributed by atoms with van der Waals surface area (Å²) in [4.78, 5) is 47.6. The van der Waals surface area contributed by atoms with E-state index in [1.165, 1.54) is 32.4 Å². The molecule has 5 aromatic rings. The van der Waals surface area contributed by atoms with Crippen molar-refractivity contribution in [3.05, 3.63) is 98.2 Å². The molecule has 228 valence electrons. The quantitative estimate of drug-likeness (QED) is 0.246. The number of hydrogen-bond acceptors (Lipinski definition) is 9. The predicted molar refractivity (Wildman–Crippen MR) is 161 cm³/mol. The normalized spacial score (nSPS) is 11.3. The smallest absolute Gasteiger partial charge is 0.343 e. The average molecular weight is 624 g/mol. The van der Waals surface area contributed by atoms with Crippen LogP contribution >= 0.6 is 11.3 Å². The third-order valence-corrected chi connectivity index (χ3v) is 8.04. The van der Waals surface area contributed by atoms with E-state index >= 15 is 0 Å². The van der Waals surface area contributed by atoms with Gasteiger partial charge in [0.05, 0.1) is 31.8 Å². The molecule has 2 N–H and O–H groups in total. The molecule has 0 saturated heterocycles. The van der Waals surface area contributed by atoms with Crippen LogP contribution < -0.4 is 26.8 Å². The standard InChI is InChI=1S/C29H27F2N7O5S/c1-35(2)14-19-24-26(39)37(22-12-13-23(42-3)34-33-22)29(41)36(15-18-20(30)6-5-7-21(18)31)27(24)44-25(19)16-8-10-17(11-9-16)38(43-4)28(32)40/h5-13H,14-15H2,1-4H3,(H2,32,40). The Balaban J connectivity index is 1.83. The van der Waals surface area contributed by atoms with Gasteiger partial charge in [0, 0.05) is 23.1 Å². The highest BCUT2D eigenvalue weighted by Gasteiger charge is 2.26.